The highest BCUT2D eigenvalue weighted by Crippen LogP contribution is 2.20. The quantitative estimate of drug-likeness (QED) is 0.904. The lowest BCUT2D eigenvalue weighted by molar-refractivity contribution is 0.414. The topological polar surface area (TPSA) is 48.4 Å². The van der Waals surface area contributed by atoms with Gasteiger partial charge in [0.05, 0.1) is 13.4 Å². The molecule has 0 bridgehead atoms. The lowest BCUT2D eigenvalue weighted by Crippen LogP contribution is -2.11. The molecule has 2 rings (SSSR count). The Morgan fingerprint density at radius 1 is 1.22 bits per heavy atom. The van der Waals surface area contributed by atoms with Crippen molar-refractivity contribution < 1.29 is 9.15 Å². The van der Waals surface area contributed by atoms with Gasteiger partial charge in [-0.3, -0.25) is 0 Å². The van der Waals surface area contributed by atoms with Crippen molar-refractivity contribution in [1.82, 2.24) is 0 Å². The highest BCUT2D eigenvalue weighted by Gasteiger charge is 2.07. The summed E-state index contributed by atoms with van der Waals surface area (Å²) in [4.78, 5) is 0. The second-order valence-corrected chi connectivity index (χ2v) is 4.00. The lowest BCUT2D eigenvalue weighted by atomic mass is 10.0. The van der Waals surface area contributed by atoms with Gasteiger partial charge in [0, 0.05) is 12.5 Å². The predicted octanol–water partition coefficient (Wildman–Crippen LogP) is 3.34. The maximum absolute atomic E-state index is 6.12. The van der Waals surface area contributed by atoms with Crippen LogP contribution in [0.5, 0.6) is 5.75 Å². The molecule has 1 aromatic carbocycles. The molecule has 18 heavy (non-hydrogen) atoms. The van der Waals surface area contributed by atoms with Crippen LogP contribution in [0.1, 0.15) is 23.8 Å². The largest absolute Gasteiger partial charge is 0.497 e. The summed E-state index contributed by atoms with van der Waals surface area (Å²) in [5.41, 5.74) is 7.24. The Kier molecular flexibility index (Phi) is 5.75. The van der Waals surface area contributed by atoms with Crippen molar-refractivity contribution in [3.63, 3.8) is 0 Å². The number of hydrogen-bond acceptors (Lipinski definition) is 3. The molecular formula is C14H18ClNO2. The predicted molar refractivity (Wildman–Crippen MR) is 74.2 cm³/mol. The first-order valence-electron chi connectivity index (χ1n) is 5.71. The molecule has 1 aromatic heterocycles. The molecule has 0 aliphatic heterocycles. The standard InChI is InChI=1S/C14H17NO2.ClH/c1-16-12-6-4-11(5-7-12)14(15)9-8-13-3-2-10-17-13;/h2-7,10,14H,8-9,15H2,1H3;1H. The van der Waals surface area contributed by atoms with Gasteiger partial charge in [-0.1, -0.05) is 12.1 Å². The summed E-state index contributed by atoms with van der Waals surface area (Å²) in [5, 5.41) is 0. The normalized spacial score (nSPS) is 11.7. The van der Waals surface area contributed by atoms with Crippen molar-refractivity contribution in [2.75, 3.05) is 7.11 Å². The monoisotopic (exact) mass is 267 g/mol. The summed E-state index contributed by atoms with van der Waals surface area (Å²) in [5.74, 6) is 1.83. The van der Waals surface area contributed by atoms with Crippen LogP contribution in [-0.4, -0.2) is 7.11 Å². The number of ether oxygens (including phenoxy) is 1. The van der Waals surface area contributed by atoms with Crippen LogP contribution >= 0.6 is 12.4 Å². The van der Waals surface area contributed by atoms with Gasteiger partial charge in [0.15, 0.2) is 0 Å². The molecule has 3 nitrogen and oxygen atoms in total. The van der Waals surface area contributed by atoms with Crippen LogP contribution in [0.4, 0.5) is 0 Å². The van der Waals surface area contributed by atoms with Gasteiger partial charge in [-0.05, 0) is 36.2 Å². The van der Waals surface area contributed by atoms with Crippen LogP contribution in [0.3, 0.4) is 0 Å². The molecule has 98 valence electrons. The van der Waals surface area contributed by atoms with Gasteiger partial charge in [0.25, 0.3) is 0 Å². The van der Waals surface area contributed by atoms with E-state index in [0.717, 1.165) is 29.9 Å². The van der Waals surface area contributed by atoms with Gasteiger partial charge in [-0.15, -0.1) is 12.4 Å². The van der Waals surface area contributed by atoms with Crippen LogP contribution in [0, 0.1) is 0 Å². The number of methoxy groups -OCH3 is 1. The highest BCUT2D eigenvalue weighted by atomic mass is 35.5. The Morgan fingerprint density at radius 3 is 2.50 bits per heavy atom. The zero-order chi connectivity index (χ0) is 12.1. The Morgan fingerprint density at radius 2 is 1.94 bits per heavy atom. The van der Waals surface area contributed by atoms with Crippen LogP contribution in [0.25, 0.3) is 0 Å². The van der Waals surface area contributed by atoms with Crippen molar-refractivity contribution in [3.8, 4) is 5.75 Å². The molecule has 0 saturated carbocycles. The van der Waals surface area contributed by atoms with Crippen LogP contribution in [0.2, 0.25) is 0 Å². The van der Waals surface area contributed by atoms with E-state index in [1.807, 2.05) is 36.4 Å². The van der Waals surface area contributed by atoms with Gasteiger partial charge >= 0.3 is 0 Å². The number of aryl methyl sites for hydroxylation is 1. The summed E-state index contributed by atoms with van der Waals surface area (Å²) < 4.78 is 10.4. The van der Waals surface area contributed by atoms with E-state index < -0.39 is 0 Å². The number of halogens is 1. The van der Waals surface area contributed by atoms with E-state index in [0.29, 0.717) is 0 Å². The van der Waals surface area contributed by atoms with Gasteiger partial charge in [0.1, 0.15) is 11.5 Å². The molecule has 2 N–H and O–H groups in total. The van der Waals surface area contributed by atoms with E-state index in [1.165, 1.54) is 0 Å². The highest BCUT2D eigenvalue weighted by molar-refractivity contribution is 5.85. The van der Waals surface area contributed by atoms with Gasteiger partial charge < -0.3 is 14.9 Å². The fourth-order valence-electron chi connectivity index (χ4n) is 1.77. The minimum Gasteiger partial charge on any atom is -0.497 e. The average Bonchev–Trinajstić information content (AvgIpc) is 2.89. The summed E-state index contributed by atoms with van der Waals surface area (Å²) in [6.45, 7) is 0. The molecule has 0 saturated heterocycles. The van der Waals surface area contributed by atoms with E-state index in [9.17, 15) is 0 Å². The average molecular weight is 268 g/mol. The lowest BCUT2D eigenvalue weighted by Gasteiger charge is -2.11. The third-order valence-electron chi connectivity index (χ3n) is 2.83. The molecule has 0 amide bonds. The summed E-state index contributed by atoms with van der Waals surface area (Å²) in [7, 11) is 1.66. The Hall–Kier alpha value is -1.45. The minimum absolute atomic E-state index is 0. The summed E-state index contributed by atoms with van der Waals surface area (Å²) in [6, 6.07) is 11.8. The van der Waals surface area contributed by atoms with Crippen molar-refractivity contribution in [1.29, 1.82) is 0 Å². The fraction of sp³-hybridized carbons (Fsp3) is 0.286. The maximum atomic E-state index is 6.12. The zero-order valence-electron chi connectivity index (χ0n) is 10.3. The molecule has 0 aliphatic rings. The third kappa shape index (κ3) is 3.79. The number of nitrogens with two attached hydrogens (primary N) is 1. The Balaban J connectivity index is 0.00000162. The van der Waals surface area contributed by atoms with Crippen molar-refractivity contribution >= 4 is 12.4 Å². The molecule has 0 spiro atoms. The molecule has 1 heterocycles. The third-order valence-corrected chi connectivity index (χ3v) is 2.83. The van der Waals surface area contributed by atoms with Gasteiger partial charge in [-0.25, -0.2) is 0 Å². The van der Waals surface area contributed by atoms with Gasteiger partial charge in [0.2, 0.25) is 0 Å². The Labute approximate surface area is 113 Å². The molecular weight excluding hydrogens is 250 g/mol. The minimum atomic E-state index is 0. The molecule has 1 atom stereocenters. The summed E-state index contributed by atoms with van der Waals surface area (Å²) >= 11 is 0. The fourth-order valence-corrected chi connectivity index (χ4v) is 1.77. The molecule has 4 heteroatoms. The number of benzene rings is 1. The SMILES string of the molecule is COc1ccc(C(N)CCc2ccco2)cc1.Cl. The van der Waals surface area contributed by atoms with Crippen molar-refractivity contribution in [3.05, 3.63) is 54.0 Å². The summed E-state index contributed by atoms with van der Waals surface area (Å²) in [6.07, 6.45) is 3.42. The molecule has 0 radical (unpaired) electrons. The number of rotatable bonds is 5. The van der Waals surface area contributed by atoms with Crippen LogP contribution < -0.4 is 10.5 Å². The van der Waals surface area contributed by atoms with Gasteiger partial charge in [-0.2, -0.15) is 0 Å². The maximum Gasteiger partial charge on any atom is 0.118 e. The van der Waals surface area contributed by atoms with E-state index in [1.54, 1.807) is 13.4 Å². The van der Waals surface area contributed by atoms with Crippen LogP contribution in [-0.2, 0) is 6.42 Å². The number of hydrogen-bond donors (Lipinski definition) is 1. The molecule has 1 unspecified atom stereocenters. The molecule has 2 aromatic rings. The smallest absolute Gasteiger partial charge is 0.118 e. The van der Waals surface area contributed by atoms with E-state index in [4.69, 9.17) is 14.9 Å². The van der Waals surface area contributed by atoms with Crippen molar-refractivity contribution in [2.45, 2.75) is 18.9 Å². The van der Waals surface area contributed by atoms with E-state index in [-0.39, 0.29) is 18.4 Å². The Bertz CT molecular complexity index is 439. The molecule has 0 aliphatic carbocycles. The second-order valence-electron chi connectivity index (χ2n) is 4.00. The first-order chi connectivity index (χ1) is 8.29. The first-order valence-corrected chi connectivity index (χ1v) is 5.71. The number of furan rings is 1. The van der Waals surface area contributed by atoms with Crippen LogP contribution in [0.15, 0.2) is 47.1 Å². The molecule has 0 fully saturated rings. The first kappa shape index (κ1) is 14.6. The second kappa shape index (κ2) is 7.09. The van der Waals surface area contributed by atoms with E-state index >= 15 is 0 Å². The van der Waals surface area contributed by atoms with E-state index in [2.05, 4.69) is 0 Å². The van der Waals surface area contributed by atoms with Crippen molar-refractivity contribution in [2.24, 2.45) is 5.73 Å². The zero-order valence-corrected chi connectivity index (χ0v) is 11.2.